The van der Waals surface area contributed by atoms with Crippen molar-refractivity contribution in [3.63, 3.8) is 0 Å². The van der Waals surface area contributed by atoms with Crippen molar-refractivity contribution in [2.45, 2.75) is 32.1 Å². The Hall–Kier alpha value is -1.84. The SMILES string of the molecule is Cc1nnc(N2CCC[C@@H](c3ccccc3)CC2)o1. The van der Waals surface area contributed by atoms with E-state index in [4.69, 9.17) is 4.42 Å². The third-order valence-corrected chi connectivity index (χ3v) is 3.78. The maximum Gasteiger partial charge on any atom is 0.318 e. The molecule has 1 aromatic heterocycles. The van der Waals surface area contributed by atoms with E-state index in [1.165, 1.54) is 18.4 Å². The van der Waals surface area contributed by atoms with Crippen LogP contribution in [0, 0.1) is 6.92 Å². The number of nitrogens with zero attached hydrogens (tertiary/aromatic N) is 3. The highest BCUT2D eigenvalue weighted by Gasteiger charge is 2.21. The van der Waals surface area contributed by atoms with Crippen LogP contribution in [0.5, 0.6) is 0 Å². The average Bonchev–Trinajstić information content (AvgIpc) is 2.74. The first-order valence-corrected chi connectivity index (χ1v) is 6.93. The molecule has 0 unspecified atom stereocenters. The topological polar surface area (TPSA) is 42.2 Å². The van der Waals surface area contributed by atoms with E-state index in [2.05, 4.69) is 45.4 Å². The third kappa shape index (κ3) is 2.78. The number of benzene rings is 1. The Morgan fingerprint density at radius 3 is 2.68 bits per heavy atom. The molecule has 100 valence electrons. The van der Waals surface area contributed by atoms with Gasteiger partial charge in [-0.05, 0) is 30.7 Å². The number of aryl methyl sites for hydroxylation is 1. The molecule has 0 saturated carbocycles. The van der Waals surface area contributed by atoms with Gasteiger partial charge >= 0.3 is 6.01 Å². The van der Waals surface area contributed by atoms with Crippen molar-refractivity contribution in [3.05, 3.63) is 41.8 Å². The standard InChI is InChI=1S/C15H19N3O/c1-12-16-17-15(19-12)18-10-5-8-14(9-11-18)13-6-3-2-4-7-13/h2-4,6-7,14H,5,8-11H2,1H3/t14-/m1/s1. The van der Waals surface area contributed by atoms with Gasteiger partial charge in [-0.1, -0.05) is 35.4 Å². The lowest BCUT2D eigenvalue weighted by molar-refractivity contribution is 0.503. The van der Waals surface area contributed by atoms with Crippen LogP contribution >= 0.6 is 0 Å². The van der Waals surface area contributed by atoms with Gasteiger partial charge in [0.05, 0.1) is 0 Å². The molecule has 0 N–H and O–H groups in total. The lowest BCUT2D eigenvalue weighted by Gasteiger charge is -2.17. The quantitative estimate of drug-likeness (QED) is 0.828. The van der Waals surface area contributed by atoms with Crippen LogP contribution in [0.3, 0.4) is 0 Å². The second-order valence-electron chi connectivity index (χ2n) is 5.13. The molecular weight excluding hydrogens is 238 g/mol. The van der Waals surface area contributed by atoms with Crippen molar-refractivity contribution in [2.75, 3.05) is 18.0 Å². The fraction of sp³-hybridized carbons (Fsp3) is 0.467. The Kier molecular flexibility index (Phi) is 3.49. The Morgan fingerprint density at radius 2 is 1.95 bits per heavy atom. The molecule has 0 aliphatic carbocycles. The van der Waals surface area contributed by atoms with Crippen LogP contribution in [-0.2, 0) is 0 Å². The Balaban J connectivity index is 1.69. The minimum Gasteiger partial charge on any atom is -0.408 e. The zero-order valence-electron chi connectivity index (χ0n) is 11.2. The zero-order valence-corrected chi connectivity index (χ0v) is 11.2. The fourth-order valence-electron chi connectivity index (χ4n) is 2.76. The van der Waals surface area contributed by atoms with Crippen molar-refractivity contribution >= 4 is 6.01 Å². The molecule has 0 spiro atoms. The van der Waals surface area contributed by atoms with Crippen molar-refractivity contribution < 1.29 is 4.42 Å². The highest BCUT2D eigenvalue weighted by atomic mass is 16.4. The summed E-state index contributed by atoms with van der Waals surface area (Å²) in [5.74, 6) is 1.29. The summed E-state index contributed by atoms with van der Waals surface area (Å²) >= 11 is 0. The van der Waals surface area contributed by atoms with Gasteiger partial charge in [0.2, 0.25) is 5.89 Å². The molecule has 0 radical (unpaired) electrons. The number of rotatable bonds is 2. The molecule has 0 bridgehead atoms. The molecule has 4 nitrogen and oxygen atoms in total. The molecule has 1 aromatic carbocycles. The summed E-state index contributed by atoms with van der Waals surface area (Å²) in [6.45, 7) is 3.83. The molecule has 1 aliphatic heterocycles. The Labute approximate surface area is 113 Å². The summed E-state index contributed by atoms with van der Waals surface area (Å²) < 4.78 is 5.52. The van der Waals surface area contributed by atoms with E-state index in [1.807, 2.05) is 6.92 Å². The minimum absolute atomic E-state index is 0.638. The highest BCUT2D eigenvalue weighted by molar-refractivity contribution is 5.26. The van der Waals surface area contributed by atoms with E-state index in [0.29, 0.717) is 17.8 Å². The summed E-state index contributed by atoms with van der Waals surface area (Å²) in [4.78, 5) is 2.21. The smallest absolute Gasteiger partial charge is 0.318 e. The van der Waals surface area contributed by atoms with E-state index in [-0.39, 0.29) is 0 Å². The number of anilines is 1. The Morgan fingerprint density at radius 1 is 1.11 bits per heavy atom. The normalized spacial score (nSPS) is 20.3. The van der Waals surface area contributed by atoms with Gasteiger partial charge < -0.3 is 9.32 Å². The van der Waals surface area contributed by atoms with Crippen LogP contribution in [0.1, 0.15) is 36.6 Å². The zero-order chi connectivity index (χ0) is 13.1. The third-order valence-electron chi connectivity index (χ3n) is 3.78. The molecule has 3 rings (SSSR count). The van der Waals surface area contributed by atoms with E-state index in [0.717, 1.165) is 19.5 Å². The molecule has 1 atom stereocenters. The van der Waals surface area contributed by atoms with E-state index in [1.54, 1.807) is 0 Å². The largest absolute Gasteiger partial charge is 0.408 e. The fourth-order valence-corrected chi connectivity index (χ4v) is 2.76. The summed E-state index contributed by atoms with van der Waals surface area (Å²) in [6.07, 6.45) is 3.54. The first-order valence-electron chi connectivity index (χ1n) is 6.93. The lowest BCUT2D eigenvalue weighted by atomic mass is 9.92. The van der Waals surface area contributed by atoms with Crippen LogP contribution in [0.25, 0.3) is 0 Å². The second-order valence-corrected chi connectivity index (χ2v) is 5.13. The van der Waals surface area contributed by atoms with Crippen LogP contribution in [0.4, 0.5) is 6.01 Å². The number of aromatic nitrogens is 2. The van der Waals surface area contributed by atoms with Gasteiger partial charge in [0.15, 0.2) is 0 Å². The molecule has 1 fully saturated rings. The van der Waals surface area contributed by atoms with Crippen LogP contribution < -0.4 is 4.90 Å². The minimum atomic E-state index is 0.638. The summed E-state index contributed by atoms with van der Waals surface area (Å²) in [7, 11) is 0. The van der Waals surface area contributed by atoms with Crippen LogP contribution in [-0.4, -0.2) is 23.3 Å². The van der Waals surface area contributed by atoms with Crippen LogP contribution in [0.2, 0.25) is 0 Å². The van der Waals surface area contributed by atoms with Crippen molar-refractivity contribution in [1.29, 1.82) is 0 Å². The first kappa shape index (κ1) is 12.2. The molecule has 19 heavy (non-hydrogen) atoms. The predicted molar refractivity (Wildman–Crippen MR) is 74.3 cm³/mol. The molecule has 1 saturated heterocycles. The second kappa shape index (κ2) is 5.43. The molecule has 0 amide bonds. The summed E-state index contributed by atoms with van der Waals surface area (Å²) in [5, 5.41) is 8.03. The maximum atomic E-state index is 5.52. The van der Waals surface area contributed by atoms with E-state index in [9.17, 15) is 0 Å². The lowest BCUT2D eigenvalue weighted by Crippen LogP contribution is -2.24. The van der Waals surface area contributed by atoms with Crippen molar-refractivity contribution in [3.8, 4) is 0 Å². The maximum absolute atomic E-state index is 5.52. The molecular formula is C15H19N3O. The predicted octanol–water partition coefficient (Wildman–Crippen LogP) is 3.15. The first-order chi connectivity index (χ1) is 9.33. The van der Waals surface area contributed by atoms with Gasteiger partial charge in [-0.3, -0.25) is 0 Å². The summed E-state index contributed by atoms with van der Waals surface area (Å²) in [5.41, 5.74) is 1.45. The van der Waals surface area contributed by atoms with Gasteiger partial charge in [0.1, 0.15) is 0 Å². The van der Waals surface area contributed by atoms with Gasteiger partial charge in [0, 0.05) is 20.0 Å². The van der Waals surface area contributed by atoms with Crippen molar-refractivity contribution in [1.82, 2.24) is 10.2 Å². The molecule has 2 aromatic rings. The molecule has 4 heteroatoms. The van der Waals surface area contributed by atoms with Gasteiger partial charge in [-0.15, -0.1) is 5.10 Å². The van der Waals surface area contributed by atoms with E-state index >= 15 is 0 Å². The molecule has 1 aliphatic rings. The highest BCUT2D eigenvalue weighted by Crippen LogP contribution is 2.29. The number of hydrogen-bond acceptors (Lipinski definition) is 4. The van der Waals surface area contributed by atoms with Gasteiger partial charge in [0.25, 0.3) is 0 Å². The molecule has 2 heterocycles. The van der Waals surface area contributed by atoms with E-state index < -0.39 is 0 Å². The van der Waals surface area contributed by atoms with Crippen LogP contribution in [0.15, 0.2) is 34.7 Å². The van der Waals surface area contributed by atoms with Crippen molar-refractivity contribution in [2.24, 2.45) is 0 Å². The van der Waals surface area contributed by atoms with Gasteiger partial charge in [-0.2, -0.15) is 0 Å². The number of hydrogen-bond donors (Lipinski definition) is 0. The average molecular weight is 257 g/mol. The van der Waals surface area contributed by atoms with Gasteiger partial charge in [-0.25, -0.2) is 0 Å². The Bertz CT molecular complexity index is 523. The summed E-state index contributed by atoms with van der Waals surface area (Å²) in [6, 6.07) is 11.5. The monoisotopic (exact) mass is 257 g/mol.